The number of piperazine rings is 1. The Hall–Kier alpha value is -5.09. The molecule has 0 spiro atoms. The van der Waals surface area contributed by atoms with Crippen molar-refractivity contribution < 1.29 is 19.0 Å². The Balaban J connectivity index is 1.03. The quantitative estimate of drug-likeness (QED) is 0.144. The third-order valence-corrected chi connectivity index (χ3v) is 10.3. The average Bonchev–Trinajstić information content (AvgIpc) is 3.49. The summed E-state index contributed by atoms with van der Waals surface area (Å²) in [6.07, 6.45) is 1.85. The van der Waals surface area contributed by atoms with Gasteiger partial charge in [0.05, 0.1) is 11.1 Å². The molecule has 5 aromatic rings. The lowest BCUT2D eigenvalue weighted by molar-refractivity contribution is 0.0161. The normalized spacial score (nSPS) is 17.3. The topological polar surface area (TPSA) is 85.2 Å². The van der Waals surface area contributed by atoms with E-state index >= 15 is 0 Å². The summed E-state index contributed by atoms with van der Waals surface area (Å²) < 4.78 is 20.0. The van der Waals surface area contributed by atoms with Crippen LogP contribution in [0.15, 0.2) is 91.0 Å². The second-order valence-corrected chi connectivity index (χ2v) is 15.4. The van der Waals surface area contributed by atoms with E-state index in [1.165, 1.54) is 5.69 Å². The number of pyridine rings is 1. The molecule has 1 atom stereocenters. The fraction of sp³-hybridized carbons (Fsp3) is 0.419. The minimum atomic E-state index is -0.462. The zero-order chi connectivity index (χ0) is 37.0. The van der Waals surface area contributed by atoms with E-state index in [0.717, 1.165) is 85.4 Å². The SMILES string of the molecule is C[C@@H]1CN(c2ccc3c(-c4ccc(OCc5ccccc5)nc4OCc4ccccc4)nn(C)c3c2)CCN1CC1CCN(C(=O)OC(C)(C)C)CC1. The van der Waals surface area contributed by atoms with Crippen LogP contribution in [0.2, 0.25) is 0 Å². The first-order valence-electron chi connectivity index (χ1n) is 18.9. The van der Waals surface area contributed by atoms with Crippen molar-refractivity contribution in [3.63, 3.8) is 0 Å². The van der Waals surface area contributed by atoms with Crippen molar-refractivity contribution in [2.45, 2.75) is 65.4 Å². The molecular weight excluding hydrogens is 665 g/mol. The van der Waals surface area contributed by atoms with Gasteiger partial charge in [-0.1, -0.05) is 60.7 Å². The van der Waals surface area contributed by atoms with E-state index in [1.54, 1.807) is 0 Å². The predicted octanol–water partition coefficient (Wildman–Crippen LogP) is 7.95. The summed E-state index contributed by atoms with van der Waals surface area (Å²) in [5, 5.41) is 6.05. The number of aryl methyl sites for hydroxylation is 1. The van der Waals surface area contributed by atoms with Gasteiger partial charge in [-0.25, -0.2) is 4.79 Å². The minimum Gasteiger partial charge on any atom is -0.473 e. The number of anilines is 1. The number of piperidine rings is 1. The van der Waals surface area contributed by atoms with Crippen LogP contribution in [0.3, 0.4) is 0 Å². The molecule has 3 aromatic carbocycles. The number of nitrogens with zero attached hydrogens (tertiary/aromatic N) is 6. The standard InChI is InChI=1S/C43H52N6O4/c1-31-27-49(25-24-48(31)28-32-20-22-47(23-21-32)42(50)53-43(2,3)4)35-16-17-36-38(26-35)46(5)45-40(36)37-18-19-39(51-29-33-12-8-6-9-13-33)44-41(37)52-30-34-14-10-7-11-15-34/h6-19,26,31-32H,20-25,27-30H2,1-5H3/t31-/m1/s1. The molecule has 2 aromatic heterocycles. The second kappa shape index (κ2) is 15.9. The molecule has 2 aliphatic rings. The number of hydrogen-bond acceptors (Lipinski definition) is 8. The summed E-state index contributed by atoms with van der Waals surface area (Å²) in [7, 11) is 2.00. The highest BCUT2D eigenvalue weighted by Crippen LogP contribution is 2.37. The fourth-order valence-electron chi connectivity index (χ4n) is 7.35. The Bertz CT molecular complexity index is 1990. The van der Waals surface area contributed by atoms with Crippen LogP contribution in [0.4, 0.5) is 10.5 Å². The largest absolute Gasteiger partial charge is 0.473 e. The van der Waals surface area contributed by atoms with Crippen LogP contribution in [0.25, 0.3) is 22.2 Å². The molecule has 278 valence electrons. The lowest BCUT2D eigenvalue weighted by Crippen LogP contribution is -2.54. The maximum atomic E-state index is 12.5. The molecule has 0 N–H and O–H groups in total. The summed E-state index contributed by atoms with van der Waals surface area (Å²) >= 11 is 0. The first kappa shape index (κ1) is 36.3. The molecule has 0 bridgehead atoms. The molecule has 10 nitrogen and oxygen atoms in total. The van der Waals surface area contributed by atoms with Gasteiger partial charge >= 0.3 is 6.09 Å². The van der Waals surface area contributed by atoms with E-state index in [4.69, 9.17) is 24.3 Å². The summed E-state index contributed by atoms with van der Waals surface area (Å²) in [6.45, 7) is 14.4. The first-order chi connectivity index (χ1) is 25.6. The van der Waals surface area contributed by atoms with Gasteiger partial charge in [0, 0.05) is 69.5 Å². The zero-order valence-electron chi connectivity index (χ0n) is 31.7. The maximum absolute atomic E-state index is 12.5. The first-order valence-corrected chi connectivity index (χ1v) is 18.9. The highest BCUT2D eigenvalue weighted by molar-refractivity contribution is 5.96. The molecule has 10 heteroatoms. The Morgan fingerprint density at radius 3 is 2.17 bits per heavy atom. The van der Waals surface area contributed by atoms with Crippen molar-refractivity contribution in [2.75, 3.05) is 44.2 Å². The summed E-state index contributed by atoms with van der Waals surface area (Å²) in [5.41, 5.74) is 5.58. The van der Waals surface area contributed by atoms with Crippen LogP contribution in [-0.4, -0.2) is 81.6 Å². The third-order valence-electron chi connectivity index (χ3n) is 10.3. The van der Waals surface area contributed by atoms with E-state index in [1.807, 2.05) is 110 Å². The maximum Gasteiger partial charge on any atom is 0.410 e. The van der Waals surface area contributed by atoms with Gasteiger partial charge < -0.3 is 24.0 Å². The van der Waals surface area contributed by atoms with Crippen LogP contribution in [0, 0.1) is 5.92 Å². The molecule has 0 aliphatic carbocycles. The van der Waals surface area contributed by atoms with E-state index in [0.29, 0.717) is 36.9 Å². The number of benzene rings is 3. The number of rotatable bonds is 10. The second-order valence-electron chi connectivity index (χ2n) is 15.4. The lowest BCUT2D eigenvalue weighted by Gasteiger charge is -2.43. The molecule has 2 aliphatic heterocycles. The molecule has 7 rings (SSSR count). The van der Waals surface area contributed by atoms with Crippen LogP contribution < -0.4 is 14.4 Å². The molecule has 0 unspecified atom stereocenters. The van der Waals surface area contributed by atoms with E-state index in [2.05, 4.69) is 34.9 Å². The molecule has 2 saturated heterocycles. The zero-order valence-corrected chi connectivity index (χ0v) is 31.7. The van der Waals surface area contributed by atoms with Gasteiger partial charge in [-0.2, -0.15) is 10.1 Å². The van der Waals surface area contributed by atoms with E-state index in [-0.39, 0.29) is 6.09 Å². The van der Waals surface area contributed by atoms with Crippen LogP contribution in [-0.2, 0) is 25.0 Å². The smallest absolute Gasteiger partial charge is 0.410 e. The van der Waals surface area contributed by atoms with Gasteiger partial charge in [-0.3, -0.25) is 9.58 Å². The Kier molecular flexibility index (Phi) is 10.9. The van der Waals surface area contributed by atoms with E-state index < -0.39 is 5.60 Å². The van der Waals surface area contributed by atoms with Crippen molar-refractivity contribution in [2.24, 2.45) is 13.0 Å². The summed E-state index contributed by atoms with van der Waals surface area (Å²) in [5.74, 6) is 1.58. The molecule has 1 amide bonds. The fourth-order valence-corrected chi connectivity index (χ4v) is 7.35. The molecule has 2 fully saturated rings. The van der Waals surface area contributed by atoms with Crippen LogP contribution in [0.1, 0.15) is 51.7 Å². The van der Waals surface area contributed by atoms with Gasteiger partial charge in [-0.15, -0.1) is 0 Å². The van der Waals surface area contributed by atoms with E-state index in [9.17, 15) is 4.79 Å². The van der Waals surface area contributed by atoms with Crippen molar-refractivity contribution in [3.8, 4) is 23.0 Å². The van der Waals surface area contributed by atoms with Crippen LogP contribution in [0.5, 0.6) is 11.8 Å². The van der Waals surface area contributed by atoms with Crippen molar-refractivity contribution in [1.82, 2.24) is 24.6 Å². The summed E-state index contributed by atoms with van der Waals surface area (Å²) in [4.78, 5) is 24.4. The Morgan fingerprint density at radius 1 is 0.830 bits per heavy atom. The number of fused-ring (bicyclic) bond motifs is 1. The van der Waals surface area contributed by atoms with Gasteiger partial charge in [0.2, 0.25) is 11.8 Å². The monoisotopic (exact) mass is 716 g/mol. The number of hydrogen-bond donors (Lipinski definition) is 0. The van der Waals surface area contributed by atoms with Crippen molar-refractivity contribution in [1.29, 1.82) is 0 Å². The molecule has 4 heterocycles. The summed E-state index contributed by atoms with van der Waals surface area (Å²) in [6, 6.07) is 31.2. The van der Waals surface area contributed by atoms with Crippen molar-refractivity contribution >= 4 is 22.7 Å². The van der Waals surface area contributed by atoms with Crippen molar-refractivity contribution in [3.05, 3.63) is 102 Å². The highest BCUT2D eigenvalue weighted by Gasteiger charge is 2.31. The lowest BCUT2D eigenvalue weighted by atomic mass is 9.95. The number of carbonyl (C=O) groups is 1. The molecule has 0 saturated carbocycles. The van der Waals surface area contributed by atoms with Gasteiger partial charge in [0.25, 0.3) is 0 Å². The number of likely N-dealkylation sites (tertiary alicyclic amines) is 1. The predicted molar refractivity (Wildman–Crippen MR) is 209 cm³/mol. The average molecular weight is 717 g/mol. The van der Waals surface area contributed by atoms with Gasteiger partial charge in [0.15, 0.2) is 0 Å². The van der Waals surface area contributed by atoms with Crippen LogP contribution >= 0.6 is 0 Å². The number of carbonyl (C=O) groups excluding carboxylic acids is 1. The minimum absolute atomic E-state index is 0.189. The Morgan fingerprint density at radius 2 is 1.51 bits per heavy atom. The molecule has 0 radical (unpaired) electrons. The van der Waals surface area contributed by atoms with Gasteiger partial charge in [0.1, 0.15) is 24.5 Å². The molecule has 53 heavy (non-hydrogen) atoms. The number of aromatic nitrogens is 3. The molecular formula is C43H52N6O4. The number of ether oxygens (including phenoxy) is 3. The van der Waals surface area contributed by atoms with Gasteiger partial charge in [-0.05, 0) is 81.8 Å². The Labute approximate surface area is 313 Å². The third kappa shape index (κ3) is 8.93. The number of amides is 1. The highest BCUT2D eigenvalue weighted by atomic mass is 16.6.